The molecule has 0 amide bonds. The van der Waals surface area contributed by atoms with E-state index in [0.717, 1.165) is 0 Å². The number of rotatable bonds is 3. The number of hydrogen-bond donors (Lipinski definition) is 1. The van der Waals surface area contributed by atoms with Crippen molar-refractivity contribution >= 4 is 5.78 Å². The fourth-order valence-corrected chi connectivity index (χ4v) is 0.255. The van der Waals surface area contributed by atoms with Gasteiger partial charge in [0.1, 0.15) is 12.3 Å². The van der Waals surface area contributed by atoms with Gasteiger partial charge in [0.15, 0.2) is 0 Å². The van der Waals surface area contributed by atoms with Crippen LogP contribution in [0.15, 0.2) is 0 Å². The van der Waals surface area contributed by atoms with E-state index in [1.54, 1.807) is 0 Å². The van der Waals surface area contributed by atoms with Crippen molar-refractivity contribution in [2.75, 3.05) is 13.7 Å². The number of carbonyl (C=O) groups is 1. The van der Waals surface area contributed by atoms with Crippen LogP contribution in [0, 0.1) is 0 Å². The minimum Gasteiger partial charge on any atom is -0.298 e. The van der Waals surface area contributed by atoms with Gasteiger partial charge in [-0.1, -0.05) is 5.23 Å². The SMILES string of the molecule is CON(O)CC(C)=O. The van der Waals surface area contributed by atoms with Crippen LogP contribution < -0.4 is 0 Å². The van der Waals surface area contributed by atoms with E-state index >= 15 is 0 Å². The molecule has 1 N–H and O–H groups in total. The van der Waals surface area contributed by atoms with Crippen LogP contribution in [0.4, 0.5) is 0 Å². The fraction of sp³-hybridized carbons (Fsp3) is 0.750. The minimum absolute atomic E-state index is 0.0868. The summed E-state index contributed by atoms with van der Waals surface area (Å²) in [5.41, 5.74) is 0. The highest BCUT2D eigenvalue weighted by Gasteiger charge is 1.99. The Morgan fingerprint density at radius 2 is 2.38 bits per heavy atom. The average Bonchev–Trinajstić information content (AvgIpc) is 1.65. The van der Waals surface area contributed by atoms with Gasteiger partial charge < -0.3 is 0 Å². The molecule has 0 aromatic heterocycles. The van der Waals surface area contributed by atoms with E-state index in [-0.39, 0.29) is 12.3 Å². The lowest BCUT2D eigenvalue weighted by Crippen LogP contribution is -2.23. The van der Waals surface area contributed by atoms with Crippen molar-refractivity contribution in [1.29, 1.82) is 0 Å². The Morgan fingerprint density at radius 1 is 1.88 bits per heavy atom. The highest BCUT2D eigenvalue weighted by atomic mass is 16.9. The number of nitrogens with zero attached hydrogens (tertiary/aromatic N) is 1. The second-order valence-corrected chi connectivity index (χ2v) is 1.39. The molecule has 0 unspecified atom stereocenters. The molecule has 48 valence electrons. The molecule has 0 bridgehead atoms. The summed E-state index contributed by atoms with van der Waals surface area (Å²) < 4.78 is 0. The van der Waals surface area contributed by atoms with E-state index in [1.165, 1.54) is 14.0 Å². The van der Waals surface area contributed by atoms with Crippen LogP contribution in [-0.4, -0.2) is 29.9 Å². The standard InChI is InChI=1S/C4H9NO3/c1-4(6)3-5(7)8-2/h7H,3H2,1-2H3. The van der Waals surface area contributed by atoms with Gasteiger partial charge in [-0.3, -0.25) is 14.8 Å². The lowest BCUT2D eigenvalue weighted by atomic mass is 10.5. The maximum atomic E-state index is 10.1. The predicted octanol–water partition coefficient (Wildman–Crippen LogP) is -0.172. The molecule has 8 heavy (non-hydrogen) atoms. The Kier molecular flexibility index (Phi) is 3.34. The number of hydroxylamine groups is 2. The van der Waals surface area contributed by atoms with Crippen LogP contribution in [-0.2, 0) is 9.63 Å². The molecule has 0 aromatic rings. The molecular weight excluding hydrogens is 110 g/mol. The van der Waals surface area contributed by atoms with Gasteiger partial charge in [0, 0.05) is 0 Å². The summed E-state index contributed by atoms with van der Waals surface area (Å²) in [6.07, 6.45) is 0. The molecule has 0 radical (unpaired) electrons. The maximum Gasteiger partial charge on any atom is 0.148 e. The van der Waals surface area contributed by atoms with Crippen molar-refractivity contribution in [2.45, 2.75) is 6.92 Å². The number of ketones is 1. The first-order valence-electron chi connectivity index (χ1n) is 2.16. The Bertz CT molecular complexity index is 83.4. The van der Waals surface area contributed by atoms with E-state index < -0.39 is 0 Å². The van der Waals surface area contributed by atoms with Gasteiger partial charge in [-0.15, -0.1) is 0 Å². The molecule has 0 heterocycles. The lowest BCUT2D eigenvalue weighted by molar-refractivity contribution is -0.319. The van der Waals surface area contributed by atoms with Gasteiger partial charge >= 0.3 is 0 Å². The molecule has 0 rings (SSSR count). The van der Waals surface area contributed by atoms with E-state index in [2.05, 4.69) is 4.84 Å². The third-order valence-electron chi connectivity index (χ3n) is 0.569. The van der Waals surface area contributed by atoms with Crippen LogP contribution in [0.25, 0.3) is 0 Å². The first-order chi connectivity index (χ1) is 3.66. The molecule has 0 aliphatic carbocycles. The van der Waals surface area contributed by atoms with E-state index in [0.29, 0.717) is 5.23 Å². The second kappa shape index (κ2) is 3.54. The summed E-state index contributed by atoms with van der Waals surface area (Å²) in [4.78, 5) is 14.4. The topological polar surface area (TPSA) is 49.8 Å². The van der Waals surface area contributed by atoms with Crippen molar-refractivity contribution in [3.8, 4) is 0 Å². The molecule has 0 fully saturated rings. The maximum absolute atomic E-state index is 10.1. The van der Waals surface area contributed by atoms with Gasteiger partial charge in [0.2, 0.25) is 0 Å². The van der Waals surface area contributed by atoms with Crippen LogP contribution >= 0.6 is 0 Å². The summed E-state index contributed by atoms with van der Waals surface area (Å²) >= 11 is 0. The molecule has 0 spiro atoms. The number of carbonyl (C=O) groups excluding carboxylic acids is 1. The fourth-order valence-electron chi connectivity index (χ4n) is 0.255. The van der Waals surface area contributed by atoms with Crippen LogP contribution in [0.3, 0.4) is 0 Å². The third-order valence-corrected chi connectivity index (χ3v) is 0.569. The smallest absolute Gasteiger partial charge is 0.148 e. The van der Waals surface area contributed by atoms with E-state index in [1.807, 2.05) is 0 Å². The summed E-state index contributed by atoms with van der Waals surface area (Å²) in [6.45, 7) is 1.28. The normalized spacial score (nSPS) is 10.0. The lowest BCUT2D eigenvalue weighted by Gasteiger charge is -2.06. The molecule has 0 aliphatic rings. The first-order valence-corrected chi connectivity index (χ1v) is 2.16. The zero-order valence-corrected chi connectivity index (χ0v) is 4.92. The molecule has 4 nitrogen and oxygen atoms in total. The van der Waals surface area contributed by atoms with Crippen molar-refractivity contribution < 1.29 is 14.8 Å². The minimum atomic E-state index is -0.144. The third kappa shape index (κ3) is 3.73. The van der Waals surface area contributed by atoms with Gasteiger partial charge in [-0.25, -0.2) is 0 Å². The summed E-state index contributed by atoms with van der Waals surface area (Å²) in [7, 11) is 1.28. The summed E-state index contributed by atoms with van der Waals surface area (Å²) in [5, 5.41) is 8.89. The van der Waals surface area contributed by atoms with Gasteiger partial charge in [0.05, 0.1) is 7.11 Å². The molecule has 0 saturated heterocycles. The summed E-state index contributed by atoms with van der Waals surface area (Å²) in [6, 6.07) is 0. The molecular formula is C4H9NO3. The van der Waals surface area contributed by atoms with E-state index in [4.69, 9.17) is 5.21 Å². The second-order valence-electron chi connectivity index (χ2n) is 1.39. The number of hydrogen-bond acceptors (Lipinski definition) is 4. The van der Waals surface area contributed by atoms with Crippen molar-refractivity contribution in [3.63, 3.8) is 0 Å². The number of Topliss-reactive ketones (excluding diaryl/α,β-unsaturated/α-hetero) is 1. The summed E-state index contributed by atoms with van der Waals surface area (Å²) in [5.74, 6) is -0.144. The molecule has 4 heteroatoms. The highest BCUT2D eigenvalue weighted by Crippen LogP contribution is 1.79. The predicted molar refractivity (Wildman–Crippen MR) is 26.2 cm³/mol. The average molecular weight is 119 g/mol. The highest BCUT2D eigenvalue weighted by molar-refractivity contribution is 5.77. The van der Waals surface area contributed by atoms with Crippen LogP contribution in [0.2, 0.25) is 0 Å². The zero-order valence-electron chi connectivity index (χ0n) is 4.92. The molecule has 0 atom stereocenters. The largest absolute Gasteiger partial charge is 0.298 e. The zero-order chi connectivity index (χ0) is 6.57. The quantitative estimate of drug-likeness (QED) is 0.524. The Morgan fingerprint density at radius 3 is 2.50 bits per heavy atom. The molecule has 0 aromatic carbocycles. The molecule has 0 aliphatic heterocycles. The van der Waals surface area contributed by atoms with Crippen molar-refractivity contribution in [1.82, 2.24) is 5.23 Å². The first kappa shape index (κ1) is 7.55. The Balaban J connectivity index is 3.24. The van der Waals surface area contributed by atoms with Crippen molar-refractivity contribution in [2.24, 2.45) is 0 Å². The van der Waals surface area contributed by atoms with Gasteiger partial charge in [-0.05, 0) is 6.92 Å². The monoisotopic (exact) mass is 119 g/mol. The van der Waals surface area contributed by atoms with Gasteiger partial charge in [-0.2, -0.15) is 0 Å². The van der Waals surface area contributed by atoms with Crippen LogP contribution in [0.1, 0.15) is 6.92 Å². The van der Waals surface area contributed by atoms with E-state index in [9.17, 15) is 4.79 Å². The Labute approximate surface area is 47.6 Å². The van der Waals surface area contributed by atoms with Crippen LogP contribution in [0.5, 0.6) is 0 Å². The van der Waals surface area contributed by atoms with Crippen molar-refractivity contribution in [3.05, 3.63) is 0 Å². The Hall–Kier alpha value is -0.450. The van der Waals surface area contributed by atoms with Gasteiger partial charge in [0.25, 0.3) is 0 Å². The molecule has 0 saturated carbocycles.